The second-order valence-corrected chi connectivity index (χ2v) is 6.13. The van der Waals surface area contributed by atoms with Gasteiger partial charge in [0.15, 0.2) is 0 Å². The Morgan fingerprint density at radius 1 is 1.09 bits per heavy atom. The van der Waals surface area contributed by atoms with Gasteiger partial charge in [0.2, 0.25) is 11.8 Å². The quantitative estimate of drug-likeness (QED) is 0.875. The summed E-state index contributed by atoms with van der Waals surface area (Å²) in [6.07, 6.45) is 5.38. The van der Waals surface area contributed by atoms with Crippen LogP contribution in [0, 0.1) is 0 Å². The van der Waals surface area contributed by atoms with Crippen LogP contribution in [0.1, 0.15) is 37.7 Å². The maximum absolute atomic E-state index is 11.9. The standard InChI is InChI=1S/C17H23ClN2O2/c18-15-9-7-14(8-10-15)5-4-6-16(21)19-13-17(22)20-11-2-1-3-12-20/h7-10H,1-6,11-13H2,(H,19,21). The molecule has 1 fully saturated rings. The number of carbonyl (C=O) groups is 2. The Bertz CT molecular complexity index is 496. The Labute approximate surface area is 136 Å². The third-order valence-electron chi connectivity index (χ3n) is 3.93. The summed E-state index contributed by atoms with van der Waals surface area (Å²) in [7, 11) is 0. The number of nitrogens with zero attached hydrogens (tertiary/aromatic N) is 1. The molecule has 0 aromatic heterocycles. The van der Waals surface area contributed by atoms with Crippen LogP contribution in [0.3, 0.4) is 0 Å². The van der Waals surface area contributed by atoms with Gasteiger partial charge in [0, 0.05) is 24.5 Å². The first-order chi connectivity index (χ1) is 10.6. The molecule has 1 aliphatic rings. The minimum Gasteiger partial charge on any atom is -0.347 e. The van der Waals surface area contributed by atoms with Gasteiger partial charge in [-0.15, -0.1) is 0 Å². The highest BCUT2D eigenvalue weighted by Crippen LogP contribution is 2.11. The van der Waals surface area contributed by atoms with Gasteiger partial charge in [0.1, 0.15) is 0 Å². The van der Waals surface area contributed by atoms with Crippen molar-refractivity contribution in [2.24, 2.45) is 0 Å². The lowest BCUT2D eigenvalue weighted by atomic mass is 10.1. The van der Waals surface area contributed by atoms with Gasteiger partial charge in [-0.05, 0) is 49.8 Å². The van der Waals surface area contributed by atoms with Gasteiger partial charge in [-0.3, -0.25) is 9.59 Å². The number of hydrogen-bond donors (Lipinski definition) is 1. The summed E-state index contributed by atoms with van der Waals surface area (Å²) in [5.41, 5.74) is 1.17. The number of rotatable bonds is 6. The average molecular weight is 323 g/mol. The van der Waals surface area contributed by atoms with Crippen LogP contribution in [0.15, 0.2) is 24.3 Å². The van der Waals surface area contributed by atoms with Crippen molar-refractivity contribution in [3.63, 3.8) is 0 Å². The van der Waals surface area contributed by atoms with E-state index in [9.17, 15) is 9.59 Å². The van der Waals surface area contributed by atoms with Crippen molar-refractivity contribution in [1.29, 1.82) is 0 Å². The minimum atomic E-state index is -0.0562. The van der Waals surface area contributed by atoms with E-state index in [4.69, 9.17) is 11.6 Å². The molecule has 1 N–H and O–H groups in total. The summed E-state index contributed by atoms with van der Waals surface area (Å²) in [5.74, 6) is -0.0231. The van der Waals surface area contributed by atoms with Gasteiger partial charge >= 0.3 is 0 Å². The Balaban J connectivity index is 1.61. The normalized spacial score (nSPS) is 14.7. The molecule has 0 bridgehead atoms. The molecule has 1 aliphatic heterocycles. The molecule has 1 heterocycles. The molecule has 0 saturated carbocycles. The molecule has 120 valence electrons. The van der Waals surface area contributed by atoms with Gasteiger partial charge in [-0.2, -0.15) is 0 Å². The summed E-state index contributed by atoms with van der Waals surface area (Å²) in [4.78, 5) is 25.5. The summed E-state index contributed by atoms with van der Waals surface area (Å²) in [5, 5.41) is 3.44. The number of carbonyl (C=O) groups excluding carboxylic acids is 2. The number of aryl methyl sites for hydroxylation is 1. The predicted octanol–water partition coefficient (Wildman–Crippen LogP) is 2.79. The van der Waals surface area contributed by atoms with Crippen LogP contribution >= 0.6 is 11.6 Å². The van der Waals surface area contributed by atoms with E-state index in [0.29, 0.717) is 6.42 Å². The first kappa shape index (κ1) is 16.8. The van der Waals surface area contributed by atoms with E-state index in [1.54, 1.807) is 0 Å². The van der Waals surface area contributed by atoms with Gasteiger partial charge in [0.25, 0.3) is 0 Å². The second kappa shape index (κ2) is 8.79. The number of piperidine rings is 1. The first-order valence-corrected chi connectivity index (χ1v) is 8.32. The highest BCUT2D eigenvalue weighted by atomic mass is 35.5. The molecule has 5 heteroatoms. The number of nitrogens with one attached hydrogen (secondary N) is 1. The highest BCUT2D eigenvalue weighted by molar-refractivity contribution is 6.30. The van der Waals surface area contributed by atoms with Crippen LogP contribution in [0.4, 0.5) is 0 Å². The van der Waals surface area contributed by atoms with Crippen LogP contribution in [-0.4, -0.2) is 36.3 Å². The second-order valence-electron chi connectivity index (χ2n) is 5.70. The predicted molar refractivity (Wildman–Crippen MR) is 87.8 cm³/mol. The van der Waals surface area contributed by atoms with Crippen molar-refractivity contribution in [2.75, 3.05) is 19.6 Å². The zero-order valence-electron chi connectivity index (χ0n) is 12.8. The molecule has 0 aliphatic carbocycles. The number of halogens is 1. The van der Waals surface area contributed by atoms with Crippen molar-refractivity contribution in [3.05, 3.63) is 34.9 Å². The van der Waals surface area contributed by atoms with E-state index >= 15 is 0 Å². The first-order valence-electron chi connectivity index (χ1n) is 7.94. The van der Waals surface area contributed by atoms with Crippen molar-refractivity contribution in [2.45, 2.75) is 38.5 Å². The van der Waals surface area contributed by atoms with Crippen molar-refractivity contribution in [3.8, 4) is 0 Å². The molecular weight excluding hydrogens is 300 g/mol. The zero-order valence-corrected chi connectivity index (χ0v) is 13.6. The summed E-state index contributed by atoms with van der Waals surface area (Å²) < 4.78 is 0. The fourth-order valence-corrected chi connectivity index (χ4v) is 2.75. The summed E-state index contributed by atoms with van der Waals surface area (Å²) in [6, 6.07) is 7.66. The monoisotopic (exact) mass is 322 g/mol. The molecule has 1 aromatic carbocycles. The molecule has 0 spiro atoms. The molecule has 2 rings (SSSR count). The molecule has 1 aromatic rings. The topological polar surface area (TPSA) is 49.4 Å². The SMILES string of the molecule is O=C(CCCc1ccc(Cl)cc1)NCC(=O)N1CCCCC1. The number of benzene rings is 1. The third kappa shape index (κ3) is 5.68. The smallest absolute Gasteiger partial charge is 0.241 e. The van der Waals surface area contributed by atoms with E-state index in [1.165, 1.54) is 12.0 Å². The van der Waals surface area contributed by atoms with Crippen molar-refractivity contribution >= 4 is 23.4 Å². The fourth-order valence-electron chi connectivity index (χ4n) is 2.62. The van der Waals surface area contributed by atoms with Gasteiger partial charge < -0.3 is 10.2 Å². The van der Waals surface area contributed by atoms with E-state index in [1.807, 2.05) is 29.2 Å². The molecule has 1 saturated heterocycles. The van der Waals surface area contributed by atoms with Crippen LogP contribution in [0.2, 0.25) is 5.02 Å². The molecule has 0 unspecified atom stereocenters. The van der Waals surface area contributed by atoms with Gasteiger partial charge in [-0.1, -0.05) is 23.7 Å². The average Bonchev–Trinajstić information content (AvgIpc) is 2.55. The van der Waals surface area contributed by atoms with Crippen LogP contribution in [0.5, 0.6) is 0 Å². The fraction of sp³-hybridized carbons (Fsp3) is 0.529. The summed E-state index contributed by atoms with van der Waals surface area (Å²) >= 11 is 5.83. The molecule has 0 atom stereocenters. The van der Waals surface area contributed by atoms with E-state index in [2.05, 4.69) is 5.32 Å². The van der Waals surface area contributed by atoms with Crippen molar-refractivity contribution in [1.82, 2.24) is 10.2 Å². The third-order valence-corrected chi connectivity index (χ3v) is 4.18. The number of likely N-dealkylation sites (tertiary alicyclic amines) is 1. The number of hydrogen-bond acceptors (Lipinski definition) is 2. The van der Waals surface area contributed by atoms with Crippen LogP contribution < -0.4 is 5.32 Å². The zero-order chi connectivity index (χ0) is 15.8. The Hall–Kier alpha value is -1.55. The molecule has 4 nitrogen and oxygen atoms in total. The van der Waals surface area contributed by atoms with E-state index in [-0.39, 0.29) is 18.4 Å². The molecule has 0 radical (unpaired) electrons. The molecular formula is C17H23ClN2O2. The lowest BCUT2D eigenvalue weighted by molar-refractivity contribution is -0.133. The maximum atomic E-state index is 11.9. The summed E-state index contributed by atoms with van der Waals surface area (Å²) in [6.45, 7) is 1.77. The Kier molecular flexibility index (Phi) is 6.72. The van der Waals surface area contributed by atoms with Gasteiger partial charge in [0.05, 0.1) is 6.54 Å². The lowest BCUT2D eigenvalue weighted by Crippen LogP contribution is -2.42. The van der Waals surface area contributed by atoms with E-state index in [0.717, 1.165) is 43.8 Å². The molecule has 2 amide bonds. The molecule has 22 heavy (non-hydrogen) atoms. The number of amides is 2. The van der Waals surface area contributed by atoms with E-state index < -0.39 is 0 Å². The largest absolute Gasteiger partial charge is 0.347 e. The minimum absolute atomic E-state index is 0.0331. The Morgan fingerprint density at radius 3 is 2.45 bits per heavy atom. The van der Waals surface area contributed by atoms with Crippen molar-refractivity contribution < 1.29 is 9.59 Å². The van der Waals surface area contributed by atoms with Crippen LogP contribution in [-0.2, 0) is 16.0 Å². The maximum Gasteiger partial charge on any atom is 0.241 e. The Morgan fingerprint density at radius 2 is 1.77 bits per heavy atom. The van der Waals surface area contributed by atoms with Crippen LogP contribution in [0.25, 0.3) is 0 Å². The van der Waals surface area contributed by atoms with Gasteiger partial charge in [-0.25, -0.2) is 0 Å². The highest BCUT2D eigenvalue weighted by Gasteiger charge is 2.16. The lowest BCUT2D eigenvalue weighted by Gasteiger charge is -2.26.